The summed E-state index contributed by atoms with van der Waals surface area (Å²) in [7, 11) is -3.80. The maximum atomic E-state index is 13.4. The van der Waals surface area contributed by atoms with E-state index in [4.69, 9.17) is 4.74 Å². The third-order valence-corrected chi connectivity index (χ3v) is 5.81. The second-order valence-electron chi connectivity index (χ2n) is 6.54. The van der Waals surface area contributed by atoms with Crippen molar-refractivity contribution in [2.75, 3.05) is 24.6 Å². The van der Waals surface area contributed by atoms with Crippen LogP contribution in [0.4, 0.5) is 10.1 Å². The first-order valence-electron chi connectivity index (χ1n) is 8.51. The van der Waals surface area contributed by atoms with E-state index >= 15 is 0 Å². The van der Waals surface area contributed by atoms with Crippen molar-refractivity contribution in [1.29, 1.82) is 0 Å². The molecule has 0 bridgehead atoms. The number of hydrogen-bond acceptors (Lipinski definition) is 4. The van der Waals surface area contributed by atoms with Gasteiger partial charge in [0.05, 0.1) is 17.5 Å². The molecule has 0 spiro atoms. The quantitative estimate of drug-likeness (QED) is 0.846. The van der Waals surface area contributed by atoms with E-state index in [1.54, 1.807) is 4.90 Å². The van der Waals surface area contributed by atoms with Crippen molar-refractivity contribution in [2.45, 2.75) is 24.8 Å². The molecule has 1 aliphatic rings. The normalized spacial score (nSPS) is 18.0. The zero-order valence-electron chi connectivity index (χ0n) is 15.1. The standard InChI is InChI=1S/C19H21FN2O4S/c1-13-4-3-5-15(8-13)22-11-16(26-12-19(22)23)10-21-27(24,25)17-6-7-18(20)14(2)9-17/h3-9,16,21H,10-12H2,1-2H3. The van der Waals surface area contributed by atoms with E-state index in [0.717, 1.165) is 17.3 Å². The predicted octanol–water partition coefficient (Wildman–Crippen LogP) is 2.15. The summed E-state index contributed by atoms with van der Waals surface area (Å²) >= 11 is 0. The average Bonchev–Trinajstić information content (AvgIpc) is 2.63. The van der Waals surface area contributed by atoms with Gasteiger partial charge in [-0.15, -0.1) is 0 Å². The van der Waals surface area contributed by atoms with Crippen LogP contribution in [0.15, 0.2) is 47.4 Å². The second kappa shape index (κ2) is 7.75. The van der Waals surface area contributed by atoms with E-state index in [1.807, 2.05) is 31.2 Å². The zero-order valence-corrected chi connectivity index (χ0v) is 15.9. The van der Waals surface area contributed by atoms with Crippen molar-refractivity contribution in [1.82, 2.24) is 4.72 Å². The molecule has 1 heterocycles. The third-order valence-electron chi connectivity index (χ3n) is 4.38. The summed E-state index contributed by atoms with van der Waals surface area (Å²) in [5, 5.41) is 0. The Kier molecular flexibility index (Phi) is 5.59. The molecule has 0 aliphatic carbocycles. The summed E-state index contributed by atoms with van der Waals surface area (Å²) < 4.78 is 46.2. The molecule has 2 aromatic carbocycles. The lowest BCUT2D eigenvalue weighted by atomic mass is 10.2. The zero-order chi connectivity index (χ0) is 19.6. The van der Waals surface area contributed by atoms with Gasteiger partial charge in [-0.2, -0.15) is 0 Å². The molecule has 1 aliphatic heterocycles. The highest BCUT2D eigenvalue weighted by atomic mass is 32.2. The Balaban J connectivity index is 1.68. The molecule has 0 radical (unpaired) electrons. The molecule has 144 valence electrons. The van der Waals surface area contributed by atoms with E-state index < -0.39 is 21.9 Å². The van der Waals surface area contributed by atoms with Gasteiger partial charge in [0.15, 0.2) is 0 Å². The first kappa shape index (κ1) is 19.5. The molecule has 1 saturated heterocycles. The summed E-state index contributed by atoms with van der Waals surface area (Å²) in [5.41, 5.74) is 2.03. The Labute approximate surface area is 158 Å². The van der Waals surface area contributed by atoms with E-state index in [2.05, 4.69) is 4.72 Å². The van der Waals surface area contributed by atoms with Gasteiger partial charge < -0.3 is 9.64 Å². The molecule has 8 heteroatoms. The number of nitrogens with zero attached hydrogens (tertiary/aromatic N) is 1. The summed E-state index contributed by atoms with van der Waals surface area (Å²) in [6, 6.07) is 11.1. The maximum Gasteiger partial charge on any atom is 0.253 e. The van der Waals surface area contributed by atoms with Crippen LogP contribution < -0.4 is 9.62 Å². The van der Waals surface area contributed by atoms with E-state index in [9.17, 15) is 17.6 Å². The van der Waals surface area contributed by atoms with Gasteiger partial charge in [-0.1, -0.05) is 12.1 Å². The highest BCUT2D eigenvalue weighted by Gasteiger charge is 2.28. The van der Waals surface area contributed by atoms with Crippen LogP contribution in [0.3, 0.4) is 0 Å². The summed E-state index contributed by atoms with van der Waals surface area (Å²) in [6.45, 7) is 3.58. The monoisotopic (exact) mass is 392 g/mol. The van der Waals surface area contributed by atoms with E-state index in [-0.39, 0.29) is 36.1 Å². The SMILES string of the molecule is Cc1cccc(N2CC(CNS(=O)(=O)c3ccc(F)c(C)c3)OCC2=O)c1. The summed E-state index contributed by atoms with van der Waals surface area (Å²) in [5.74, 6) is -0.634. The molecule has 1 atom stereocenters. The average molecular weight is 392 g/mol. The number of rotatable bonds is 5. The smallest absolute Gasteiger partial charge is 0.253 e. The fourth-order valence-electron chi connectivity index (χ4n) is 2.86. The van der Waals surface area contributed by atoms with Gasteiger partial charge in [-0.05, 0) is 55.3 Å². The van der Waals surface area contributed by atoms with Crippen molar-refractivity contribution >= 4 is 21.6 Å². The van der Waals surface area contributed by atoms with Gasteiger partial charge in [0.2, 0.25) is 10.0 Å². The molecular formula is C19H21FN2O4S. The lowest BCUT2D eigenvalue weighted by Gasteiger charge is -2.33. The molecule has 1 unspecified atom stereocenters. The predicted molar refractivity (Wildman–Crippen MR) is 99.6 cm³/mol. The highest BCUT2D eigenvalue weighted by Crippen LogP contribution is 2.20. The van der Waals surface area contributed by atoms with Crippen LogP contribution >= 0.6 is 0 Å². The Morgan fingerprint density at radius 2 is 2.00 bits per heavy atom. The van der Waals surface area contributed by atoms with Gasteiger partial charge in [0.25, 0.3) is 5.91 Å². The van der Waals surface area contributed by atoms with Crippen molar-refractivity contribution in [2.24, 2.45) is 0 Å². The molecule has 0 saturated carbocycles. The lowest BCUT2D eigenvalue weighted by Crippen LogP contribution is -2.50. The molecular weight excluding hydrogens is 371 g/mol. The van der Waals surface area contributed by atoms with Crippen LogP contribution in [0.1, 0.15) is 11.1 Å². The molecule has 1 amide bonds. The number of morpholine rings is 1. The van der Waals surface area contributed by atoms with Crippen molar-refractivity contribution in [3.63, 3.8) is 0 Å². The number of halogens is 1. The fourth-order valence-corrected chi connectivity index (χ4v) is 4.02. The Hall–Kier alpha value is -2.29. The largest absolute Gasteiger partial charge is 0.365 e. The number of carbonyl (C=O) groups is 1. The van der Waals surface area contributed by atoms with Crippen LogP contribution in [0, 0.1) is 19.7 Å². The number of hydrogen-bond donors (Lipinski definition) is 1. The minimum absolute atomic E-state index is 0.00829. The van der Waals surface area contributed by atoms with Gasteiger partial charge in [0, 0.05) is 12.2 Å². The highest BCUT2D eigenvalue weighted by molar-refractivity contribution is 7.89. The number of ether oxygens (including phenoxy) is 1. The molecule has 3 rings (SSSR count). The van der Waals surface area contributed by atoms with Crippen LogP contribution in [-0.2, 0) is 19.6 Å². The van der Waals surface area contributed by atoms with E-state index in [0.29, 0.717) is 0 Å². The topological polar surface area (TPSA) is 75.7 Å². The minimum Gasteiger partial charge on any atom is -0.365 e. The number of aryl methyl sites for hydroxylation is 2. The number of amides is 1. The summed E-state index contributed by atoms with van der Waals surface area (Å²) in [6.07, 6.45) is -0.487. The Morgan fingerprint density at radius 1 is 1.22 bits per heavy atom. The molecule has 6 nitrogen and oxygen atoms in total. The Bertz CT molecular complexity index is 962. The van der Waals surface area contributed by atoms with Gasteiger partial charge in [0.1, 0.15) is 12.4 Å². The van der Waals surface area contributed by atoms with Gasteiger partial charge in [-0.25, -0.2) is 17.5 Å². The number of carbonyl (C=O) groups excluding carboxylic acids is 1. The molecule has 1 N–H and O–H groups in total. The van der Waals surface area contributed by atoms with Gasteiger partial charge >= 0.3 is 0 Å². The molecule has 27 heavy (non-hydrogen) atoms. The van der Waals surface area contributed by atoms with Crippen LogP contribution in [0.2, 0.25) is 0 Å². The minimum atomic E-state index is -3.80. The molecule has 2 aromatic rings. The Morgan fingerprint density at radius 3 is 2.70 bits per heavy atom. The number of sulfonamides is 1. The number of anilines is 1. The number of benzene rings is 2. The molecule has 0 aromatic heterocycles. The van der Waals surface area contributed by atoms with Crippen LogP contribution in [-0.4, -0.2) is 40.1 Å². The van der Waals surface area contributed by atoms with Gasteiger partial charge in [-0.3, -0.25) is 4.79 Å². The van der Waals surface area contributed by atoms with Crippen LogP contribution in [0.25, 0.3) is 0 Å². The number of nitrogens with one attached hydrogen (secondary N) is 1. The van der Waals surface area contributed by atoms with E-state index in [1.165, 1.54) is 19.1 Å². The second-order valence-corrected chi connectivity index (χ2v) is 8.31. The third kappa shape index (κ3) is 4.52. The molecule has 1 fully saturated rings. The van der Waals surface area contributed by atoms with Crippen molar-refractivity contribution in [3.8, 4) is 0 Å². The first-order chi connectivity index (χ1) is 12.8. The lowest BCUT2D eigenvalue weighted by molar-refractivity contribution is -0.129. The van der Waals surface area contributed by atoms with Crippen molar-refractivity contribution < 1.29 is 22.3 Å². The first-order valence-corrected chi connectivity index (χ1v) is 9.99. The fraction of sp³-hybridized carbons (Fsp3) is 0.316. The van der Waals surface area contributed by atoms with Crippen LogP contribution in [0.5, 0.6) is 0 Å². The van der Waals surface area contributed by atoms with Crippen molar-refractivity contribution in [3.05, 3.63) is 59.4 Å². The summed E-state index contributed by atoms with van der Waals surface area (Å²) in [4.78, 5) is 13.8. The maximum absolute atomic E-state index is 13.4.